The molecule has 1 aliphatic carbocycles. The first-order valence-electron chi connectivity index (χ1n) is 7.85. The van der Waals surface area contributed by atoms with E-state index in [-0.39, 0.29) is 23.7 Å². The SMILES string of the molecule is CC(=O)NCC1CN(c2ccc3c(c2)CC[C@H](C)C3=O)C(=O)O1. The molecule has 3 rings (SSSR count). The van der Waals surface area contributed by atoms with E-state index in [4.69, 9.17) is 4.74 Å². The number of nitrogens with zero attached hydrogens (tertiary/aromatic N) is 1. The van der Waals surface area contributed by atoms with Crippen molar-refractivity contribution in [2.75, 3.05) is 18.0 Å². The van der Waals surface area contributed by atoms with E-state index < -0.39 is 6.09 Å². The van der Waals surface area contributed by atoms with E-state index in [1.54, 1.807) is 17.0 Å². The smallest absolute Gasteiger partial charge is 0.414 e. The van der Waals surface area contributed by atoms with Gasteiger partial charge < -0.3 is 10.1 Å². The zero-order chi connectivity index (χ0) is 16.6. The number of Topliss-reactive ketones (excluding diaryl/α,β-unsaturated/α-hetero) is 1. The summed E-state index contributed by atoms with van der Waals surface area (Å²) in [4.78, 5) is 36.7. The quantitative estimate of drug-likeness (QED) is 0.924. The number of hydrogen-bond donors (Lipinski definition) is 1. The lowest BCUT2D eigenvalue weighted by molar-refractivity contribution is -0.119. The summed E-state index contributed by atoms with van der Waals surface area (Å²) in [5.41, 5.74) is 2.49. The molecule has 23 heavy (non-hydrogen) atoms. The van der Waals surface area contributed by atoms with E-state index in [0.29, 0.717) is 13.1 Å². The van der Waals surface area contributed by atoms with Crippen LogP contribution in [0.3, 0.4) is 0 Å². The Morgan fingerprint density at radius 2 is 2.17 bits per heavy atom. The van der Waals surface area contributed by atoms with Gasteiger partial charge in [-0.05, 0) is 36.6 Å². The minimum atomic E-state index is -0.421. The van der Waals surface area contributed by atoms with Gasteiger partial charge in [0.1, 0.15) is 6.10 Å². The van der Waals surface area contributed by atoms with Gasteiger partial charge in [0.15, 0.2) is 5.78 Å². The Labute approximate surface area is 134 Å². The van der Waals surface area contributed by atoms with Gasteiger partial charge in [-0.1, -0.05) is 6.92 Å². The lowest BCUT2D eigenvalue weighted by Gasteiger charge is -2.22. The van der Waals surface area contributed by atoms with Crippen LogP contribution in [0.25, 0.3) is 0 Å². The van der Waals surface area contributed by atoms with Crippen LogP contribution in [-0.2, 0) is 16.0 Å². The van der Waals surface area contributed by atoms with Crippen molar-refractivity contribution in [1.29, 1.82) is 0 Å². The Kier molecular flexibility index (Phi) is 4.07. The summed E-state index contributed by atoms with van der Waals surface area (Å²) in [7, 11) is 0. The van der Waals surface area contributed by atoms with Crippen LogP contribution >= 0.6 is 0 Å². The number of cyclic esters (lactones) is 1. The Hall–Kier alpha value is -2.37. The van der Waals surface area contributed by atoms with Crippen LogP contribution in [0.5, 0.6) is 0 Å². The highest BCUT2D eigenvalue weighted by molar-refractivity contribution is 6.01. The van der Waals surface area contributed by atoms with E-state index in [9.17, 15) is 14.4 Å². The molecule has 0 radical (unpaired) electrons. The van der Waals surface area contributed by atoms with E-state index in [1.165, 1.54) is 6.92 Å². The molecule has 0 saturated carbocycles. The molecule has 1 fully saturated rings. The average Bonchev–Trinajstić information content (AvgIpc) is 2.90. The lowest BCUT2D eigenvalue weighted by atomic mass is 9.83. The maximum absolute atomic E-state index is 12.2. The van der Waals surface area contributed by atoms with Gasteiger partial charge in [0.2, 0.25) is 5.91 Å². The van der Waals surface area contributed by atoms with Crippen molar-refractivity contribution in [2.45, 2.75) is 32.8 Å². The minimum Gasteiger partial charge on any atom is -0.442 e. The molecule has 122 valence electrons. The van der Waals surface area contributed by atoms with Crippen LogP contribution in [0.4, 0.5) is 10.5 Å². The molecule has 1 unspecified atom stereocenters. The first-order chi connectivity index (χ1) is 11.0. The molecule has 1 aromatic rings. The Balaban J connectivity index is 1.76. The normalized spacial score (nSPS) is 23.5. The molecule has 6 nitrogen and oxygen atoms in total. The standard InChI is InChI=1S/C17H20N2O4/c1-10-3-4-12-7-13(5-6-15(12)16(10)21)19-9-14(23-17(19)22)8-18-11(2)20/h5-7,10,14H,3-4,8-9H2,1-2H3,(H,18,20)/t10-,14?/m0/s1. The summed E-state index contributed by atoms with van der Waals surface area (Å²) in [5.74, 6) is 0.0818. The van der Waals surface area contributed by atoms with E-state index in [1.807, 2.05) is 13.0 Å². The zero-order valence-electron chi connectivity index (χ0n) is 13.3. The van der Waals surface area contributed by atoms with Crippen molar-refractivity contribution < 1.29 is 19.1 Å². The Morgan fingerprint density at radius 3 is 2.91 bits per heavy atom. The first kappa shape index (κ1) is 15.5. The second kappa shape index (κ2) is 6.02. The number of nitrogens with one attached hydrogen (secondary N) is 1. The number of ether oxygens (including phenoxy) is 1. The molecule has 1 N–H and O–H groups in total. The summed E-state index contributed by atoms with van der Waals surface area (Å²) in [5, 5.41) is 2.65. The fourth-order valence-electron chi connectivity index (χ4n) is 3.06. The number of carbonyl (C=O) groups excluding carboxylic acids is 3. The second-order valence-corrected chi connectivity index (χ2v) is 6.20. The number of hydrogen-bond acceptors (Lipinski definition) is 4. The van der Waals surface area contributed by atoms with Crippen LogP contribution in [-0.4, -0.2) is 37.0 Å². The molecule has 0 aromatic heterocycles. The fraction of sp³-hybridized carbons (Fsp3) is 0.471. The van der Waals surface area contributed by atoms with Gasteiger partial charge in [0.25, 0.3) is 0 Å². The highest BCUT2D eigenvalue weighted by atomic mass is 16.6. The fourth-order valence-corrected chi connectivity index (χ4v) is 3.06. The number of ketones is 1. The maximum Gasteiger partial charge on any atom is 0.414 e. The predicted molar refractivity (Wildman–Crippen MR) is 84.6 cm³/mol. The van der Waals surface area contributed by atoms with Crippen LogP contribution in [0.2, 0.25) is 0 Å². The topological polar surface area (TPSA) is 75.7 Å². The molecular weight excluding hydrogens is 296 g/mol. The summed E-state index contributed by atoms with van der Waals surface area (Å²) in [6, 6.07) is 5.50. The molecule has 2 atom stereocenters. The summed E-state index contributed by atoms with van der Waals surface area (Å²) >= 11 is 0. The third-order valence-corrected chi connectivity index (χ3v) is 4.41. The number of carbonyl (C=O) groups is 3. The van der Waals surface area contributed by atoms with Crippen LogP contribution < -0.4 is 10.2 Å². The lowest BCUT2D eigenvalue weighted by Crippen LogP contribution is -2.33. The van der Waals surface area contributed by atoms with Crippen molar-refractivity contribution in [3.8, 4) is 0 Å². The first-order valence-corrected chi connectivity index (χ1v) is 7.85. The Morgan fingerprint density at radius 1 is 1.39 bits per heavy atom. The van der Waals surface area contributed by atoms with E-state index in [0.717, 1.165) is 29.7 Å². The molecule has 6 heteroatoms. The van der Waals surface area contributed by atoms with Crippen molar-refractivity contribution in [2.24, 2.45) is 5.92 Å². The van der Waals surface area contributed by atoms with Crippen molar-refractivity contribution in [3.63, 3.8) is 0 Å². The van der Waals surface area contributed by atoms with Gasteiger partial charge in [-0.2, -0.15) is 0 Å². The van der Waals surface area contributed by atoms with Crippen LogP contribution in [0, 0.1) is 5.92 Å². The number of anilines is 1. The number of amides is 2. The molecule has 2 amide bonds. The second-order valence-electron chi connectivity index (χ2n) is 6.20. The minimum absolute atomic E-state index is 0.0622. The van der Waals surface area contributed by atoms with E-state index >= 15 is 0 Å². The Bertz CT molecular complexity index is 671. The molecule has 1 aromatic carbocycles. The highest BCUT2D eigenvalue weighted by Gasteiger charge is 2.33. The largest absolute Gasteiger partial charge is 0.442 e. The van der Waals surface area contributed by atoms with Gasteiger partial charge in [0, 0.05) is 24.1 Å². The van der Waals surface area contributed by atoms with Crippen LogP contribution in [0.15, 0.2) is 18.2 Å². The molecule has 0 spiro atoms. The monoisotopic (exact) mass is 316 g/mol. The molecule has 2 aliphatic rings. The van der Waals surface area contributed by atoms with Crippen molar-refractivity contribution in [1.82, 2.24) is 5.32 Å². The predicted octanol–water partition coefficient (Wildman–Crippen LogP) is 1.91. The molecular formula is C17H20N2O4. The third-order valence-electron chi connectivity index (χ3n) is 4.41. The summed E-state index contributed by atoms with van der Waals surface area (Å²) < 4.78 is 5.27. The maximum atomic E-state index is 12.2. The number of aryl methyl sites for hydroxylation is 1. The van der Waals surface area contributed by atoms with Crippen molar-refractivity contribution in [3.05, 3.63) is 29.3 Å². The number of benzene rings is 1. The van der Waals surface area contributed by atoms with Crippen molar-refractivity contribution >= 4 is 23.5 Å². The van der Waals surface area contributed by atoms with E-state index in [2.05, 4.69) is 5.32 Å². The number of fused-ring (bicyclic) bond motifs is 1. The van der Waals surface area contributed by atoms with Crippen LogP contribution in [0.1, 0.15) is 36.2 Å². The van der Waals surface area contributed by atoms with Gasteiger partial charge in [-0.15, -0.1) is 0 Å². The van der Waals surface area contributed by atoms with Gasteiger partial charge in [-0.3, -0.25) is 14.5 Å². The molecule has 1 heterocycles. The number of rotatable bonds is 3. The van der Waals surface area contributed by atoms with Gasteiger partial charge >= 0.3 is 6.09 Å². The molecule has 1 aliphatic heterocycles. The third kappa shape index (κ3) is 3.06. The zero-order valence-corrected chi connectivity index (χ0v) is 13.3. The molecule has 0 bridgehead atoms. The average molecular weight is 316 g/mol. The summed E-state index contributed by atoms with van der Waals surface area (Å²) in [6.45, 7) is 4.07. The summed E-state index contributed by atoms with van der Waals surface area (Å²) in [6.07, 6.45) is 0.902. The highest BCUT2D eigenvalue weighted by Crippen LogP contribution is 2.30. The van der Waals surface area contributed by atoms with Gasteiger partial charge in [0.05, 0.1) is 13.1 Å². The molecule has 1 saturated heterocycles. The van der Waals surface area contributed by atoms with Gasteiger partial charge in [-0.25, -0.2) is 4.79 Å².